The summed E-state index contributed by atoms with van der Waals surface area (Å²) >= 11 is 2.41. The maximum Gasteiger partial charge on any atom is 0.0208 e. The van der Waals surface area contributed by atoms with Crippen LogP contribution in [0.3, 0.4) is 0 Å². The zero-order chi connectivity index (χ0) is 10.4. The monoisotopic (exact) mass is 303 g/mol. The van der Waals surface area contributed by atoms with E-state index in [1.165, 1.54) is 27.5 Å². The lowest BCUT2D eigenvalue weighted by Gasteiger charge is -2.08. The van der Waals surface area contributed by atoms with Crippen LogP contribution < -0.4 is 5.32 Å². The van der Waals surface area contributed by atoms with Gasteiger partial charge in [-0.25, -0.2) is 0 Å². The molecular weight excluding hydrogens is 285 g/mol. The largest absolute Gasteiger partial charge is 0.313 e. The highest BCUT2D eigenvalue weighted by Gasteiger charge is 1.97. The highest BCUT2D eigenvalue weighted by atomic mass is 127. The van der Waals surface area contributed by atoms with E-state index in [2.05, 4.69) is 60.0 Å². The van der Waals surface area contributed by atoms with E-state index in [0.29, 0.717) is 0 Å². The summed E-state index contributed by atoms with van der Waals surface area (Å²) in [5, 5.41) is 3.47. The van der Waals surface area contributed by atoms with Gasteiger partial charge in [-0.15, -0.1) is 0 Å². The molecule has 0 atom stereocenters. The Morgan fingerprint density at radius 2 is 2.07 bits per heavy atom. The van der Waals surface area contributed by atoms with Gasteiger partial charge >= 0.3 is 0 Å². The van der Waals surface area contributed by atoms with Crippen LogP contribution in [0.1, 0.15) is 23.1 Å². The van der Waals surface area contributed by atoms with Crippen LogP contribution in [0, 0.1) is 13.8 Å². The van der Waals surface area contributed by atoms with Crippen molar-refractivity contribution in [3.8, 4) is 0 Å². The standard InChI is InChI=1S/C12H18IN/c1-10-4-5-11(2)12(8-10)9-14-7-3-6-13/h4-5,8,14H,3,6-7,9H2,1-2H3. The van der Waals surface area contributed by atoms with E-state index < -0.39 is 0 Å². The fraction of sp³-hybridized carbons (Fsp3) is 0.500. The van der Waals surface area contributed by atoms with Crippen molar-refractivity contribution in [1.82, 2.24) is 5.32 Å². The first-order valence-corrected chi connectivity index (χ1v) is 6.59. The molecule has 0 aromatic heterocycles. The Kier molecular flexibility index (Phi) is 5.48. The van der Waals surface area contributed by atoms with Gasteiger partial charge in [0.15, 0.2) is 0 Å². The van der Waals surface area contributed by atoms with Crippen molar-refractivity contribution < 1.29 is 0 Å². The van der Waals surface area contributed by atoms with Crippen molar-refractivity contribution in [2.75, 3.05) is 11.0 Å². The average Bonchev–Trinajstić information content (AvgIpc) is 2.18. The summed E-state index contributed by atoms with van der Waals surface area (Å²) < 4.78 is 1.23. The van der Waals surface area contributed by atoms with Gasteiger partial charge in [0.1, 0.15) is 0 Å². The fourth-order valence-electron chi connectivity index (χ4n) is 1.41. The molecule has 0 saturated carbocycles. The van der Waals surface area contributed by atoms with E-state index in [4.69, 9.17) is 0 Å². The van der Waals surface area contributed by atoms with Gasteiger partial charge in [0.25, 0.3) is 0 Å². The van der Waals surface area contributed by atoms with Crippen LogP contribution >= 0.6 is 22.6 Å². The van der Waals surface area contributed by atoms with Crippen LogP contribution in [0.15, 0.2) is 18.2 Å². The molecule has 1 aromatic rings. The van der Waals surface area contributed by atoms with Gasteiger partial charge in [-0.3, -0.25) is 0 Å². The van der Waals surface area contributed by atoms with Gasteiger partial charge in [-0.05, 0) is 37.9 Å². The Morgan fingerprint density at radius 3 is 2.79 bits per heavy atom. The molecule has 1 N–H and O–H groups in total. The molecule has 1 nitrogen and oxygen atoms in total. The van der Waals surface area contributed by atoms with Gasteiger partial charge in [0, 0.05) is 11.0 Å². The van der Waals surface area contributed by atoms with Crippen molar-refractivity contribution >= 4 is 22.6 Å². The molecule has 0 fully saturated rings. The van der Waals surface area contributed by atoms with E-state index in [9.17, 15) is 0 Å². The van der Waals surface area contributed by atoms with Crippen molar-refractivity contribution in [2.24, 2.45) is 0 Å². The third-order valence-electron chi connectivity index (χ3n) is 2.31. The van der Waals surface area contributed by atoms with E-state index in [-0.39, 0.29) is 0 Å². The van der Waals surface area contributed by atoms with Gasteiger partial charge in [-0.2, -0.15) is 0 Å². The minimum absolute atomic E-state index is 1.00. The number of hydrogen-bond donors (Lipinski definition) is 1. The normalized spacial score (nSPS) is 10.5. The first-order chi connectivity index (χ1) is 6.74. The average molecular weight is 303 g/mol. The molecule has 0 aliphatic rings. The van der Waals surface area contributed by atoms with Gasteiger partial charge in [0.05, 0.1) is 0 Å². The Morgan fingerprint density at radius 1 is 1.29 bits per heavy atom. The SMILES string of the molecule is Cc1ccc(C)c(CNCCCI)c1. The maximum atomic E-state index is 3.47. The zero-order valence-electron chi connectivity index (χ0n) is 8.94. The number of rotatable bonds is 5. The summed E-state index contributed by atoms with van der Waals surface area (Å²) in [6.07, 6.45) is 1.26. The molecule has 0 amide bonds. The summed E-state index contributed by atoms with van der Waals surface area (Å²) in [4.78, 5) is 0. The number of alkyl halides is 1. The van der Waals surface area contributed by atoms with Gasteiger partial charge in [-0.1, -0.05) is 46.4 Å². The predicted octanol–water partition coefficient (Wildman–Crippen LogP) is 3.22. The van der Waals surface area contributed by atoms with Crippen molar-refractivity contribution in [3.63, 3.8) is 0 Å². The second-order valence-corrected chi connectivity index (χ2v) is 4.73. The Labute approximate surface area is 100 Å². The Balaban J connectivity index is 2.45. The van der Waals surface area contributed by atoms with Crippen LogP contribution in [-0.2, 0) is 6.54 Å². The summed E-state index contributed by atoms with van der Waals surface area (Å²) in [5.74, 6) is 0. The molecule has 0 unspecified atom stereocenters. The molecule has 0 radical (unpaired) electrons. The summed E-state index contributed by atoms with van der Waals surface area (Å²) in [7, 11) is 0. The van der Waals surface area contributed by atoms with Gasteiger partial charge in [0.2, 0.25) is 0 Å². The highest BCUT2D eigenvalue weighted by Crippen LogP contribution is 2.09. The molecular formula is C12H18IN. The smallest absolute Gasteiger partial charge is 0.0208 e. The fourth-order valence-corrected chi connectivity index (χ4v) is 1.79. The molecule has 0 saturated heterocycles. The lowest BCUT2D eigenvalue weighted by Crippen LogP contribution is -2.15. The number of hydrogen-bond acceptors (Lipinski definition) is 1. The molecule has 14 heavy (non-hydrogen) atoms. The minimum Gasteiger partial charge on any atom is -0.313 e. The first kappa shape index (κ1) is 12.0. The van der Waals surface area contributed by atoms with Crippen LogP contribution in [0.2, 0.25) is 0 Å². The molecule has 0 aliphatic carbocycles. The molecule has 0 spiro atoms. The molecule has 0 heterocycles. The summed E-state index contributed by atoms with van der Waals surface area (Å²) in [5.41, 5.74) is 4.16. The van der Waals surface area contributed by atoms with Gasteiger partial charge < -0.3 is 5.32 Å². The van der Waals surface area contributed by atoms with Crippen molar-refractivity contribution in [3.05, 3.63) is 34.9 Å². The second-order valence-electron chi connectivity index (χ2n) is 3.65. The van der Waals surface area contributed by atoms with Crippen LogP contribution in [0.25, 0.3) is 0 Å². The molecule has 1 aromatic carbocycles. The third-order valence-corrected chi connectivity index (χ3v) is 3.07. The van der Waals surface area contributed by atoms with E-state index in [1.807, 2.05) is 0 Å². The number of benzene rings is 1. The van der Waals surface area contributed by atoms with Crippen molar-refractivity contribution in [1.29, 1.82) is 0 Å². The Bertz CT molecular complexity index is 284. The summed E-state index contributed by atoms with van der Waals surface area (Å²) in [6.45, 7) is 6.45. The molecule has 0 bridgehead atoms. The molecule has 78 valence electrons. The van der Waals surface area contributed by atoms with Crippen LogP contribution in [0.5, 0.6) is 0 Å². The lowest BCUT2D eigenvalue weighted by atomic mass is 10.1. The second kappa shape index (κ2) is 6.40. The third kappa shape index (κ3) is 3.96. The lowest BCUT2D eigenvalue weighted by molar-refractivity contribution is 0.679. The minimum atomic E-state index is 1.00. The van der Waals surface area contributed by atoms with Crippen LogP contribution in [0.4, 0.5) is 0 Å². The topological polar surface area (TPSA) is 12.0 Å². The van der Waals surface area contributed by atoms with E-state index in [0.717, 1.165) is 13.1 Å². The first-order valence-electron chi connectivity index (χ1n) is 5.07. The summed E-state index contributed by atoms with van der Waals surface area (Å²) in [6, 6.07) is 6.64. The number of halogens is 1. The maximum absolute atomic E-state index is 3.47. The van der Waals surface area contributed by atoms with Crippen molar-refractivity contribution in [2.45, 2.75) is 26.8 Å². The molecule has 0 aliphatic heterocycles. The quantitative estimate of drug-likeness (QED) is 0.500. The van der Waals surface area contributed by atoms with Crippen LogP contribution in [-0.4, -0.2) is 11.0 Å². The highest BCUT2D eigenvalue weighted by molar-refractivity contribution is 14.1. The molecule has 2 heteroatoms. The predicted molar refractivity (Wildman–Crippen MR) is 71.1 cm³/mol. The Hall–Kier alpha value is -0.0900. The zero-order valence-corrected chi connectivity index (χ0v) is 11.1. The number of aryl methyl sites for hydroxylation is 2. The molecule has 1 rings (SSSR count). The number of nitrogens with one attached hydrogen (secondary N) is 1. The van der Waals surface area contributed by atoms with E-state index in [1.54, 1.807) is 0 Å². The van der Waals surface area contributed by atoms with E-state index >= 15 is 0 Å².